The summed E-state index contributed by atoms with van der Waals surface area (Å²) in [5.41, 5.74) is 6.99. The van der Waals surface area contributed by atoms with Crippen LogP contribution in [0.1, 0.15) is 11.5 Å². The number of ether oxygens (including phenoxy) is 1. The summed E-state index contributed by atoms with van der Waals surface area (Å²) in [7, 11) is 0. The first-order valence-corrected chi connectivity index (χ1v) is 6.85. The van der Waals surface area contributed by atoms with Crippen LogP contribution in [0.15, 0.2) is 47.3 Å². The van der Waals surface area contributed by atoms with Crippen molar-refractivity contribution in [2.75, 3.05) is 6.61 Å². The van der Waals surface area contributed by atoms with Gasteiger partial charge in [0.15, 0.2) is 18.0 Å². The van der Waals surface area contributed by atoms with Crippen molar-refractivity contribution in [2.45, 2.75) is 13.1 Å². The van der Waals surface area contributed by atoms with Gasteiger partial charge >= 0.3 is 0 Å². The number of pyridine rings is 1. The second kappa shape index (κ2) is 6.31. The van der Waals surface area contributed by atoms with Gasteiger partial charge in [-0.1, -0.05) is 0 Å². The Morgan fingerprint density at radius 1 is 1.41 bits per heavy atom. The zero-order valence-corrected chi connectivity index (χ0v) is 11.9. The molecule has 0 aromatic carbocycles. The van der Waals surface area contributed by atoms with Crippen LogP contribution in [0.5, 0.6) is 5.75 Å². The minimum atomic E-state index is -0.232. The van der Waals surface area contributed by atoms with Crippen LogP contribution in [-0.4, -0.2) is 21.9 Å². The van der Waals surface area contributed by atoms with Gasteiger partial charge in [0.25, 0.3) is 5.91 Å². The highest BCUT2D eigenvalue weighted by Gasteiger charge is 2.09. The lowest BCUT2D eigenvalue weighted by Crippen LogP contribution is -2.28. The summed E-state index contributed by atoms with van der Waals surface area (Å²) >= 11 is 0. The Morgan fingerprint density at radius 3 is 3.09 bits per heavy atom. The normalized spacial score (nSPS) is 10.8. The summed E-state index contributed by atoms with van der Waals surface area (Å²) in [6, 6.07) is 7.15. The fraction of sp³-hybridized carbons (Fsp3) is 0.200. The van der Waals surface area contributed by atoms with Gasteiger partial charge in [0, 0.05) is 18.9 Å². The maximum absolute atomic E-state index is 11.8. The first-order chi connectivity index (χ1) is 10.8. The van der Waals surface area contributed by atoms with E-state index in [9.17, 15) is 4.79 Å². The van der Waals surface area contributed by atoms with Gasteiger partial charge in [-0.25, -0.2) is 4.98 Å². The van der Waals surface area contributed by atoms with E-state index in [-0.39, 0.29) is 12.5 Å². The van der Waals surface area contributed by atoms with Crippen molar-refractivity contribution in [3.8, 4) is 5.75 Å². The average molecular weight is 300 g/mol. The molecule has 3 rings (SSSR count). The molecule has 0 aliphatic rings. The van der Waals surface area contributed by atoms with E-state index in [2.05, 4.69) is 10.3 Å². The number of carbonyl (C=O) groups excluding carboxylic acids is 1. The number of hydrogen-bond donors (Lipinski definition) is 2. The molecule has 0 saturated heterocycles. The molecular formula is C15H16N4O3. The van der Waals surface area contributed by atoms with E-state index in [0.717, 1.165) is 5.69 Å². The molecule has 0 atom stereocenters. The van der Waals surface area contributed by atoms with Gasteiger partial charge in [0.1, 0.15) is 5.76 Å². The Morgan fingerprint density at radius 2 is 2.32 bits per heavy atom. The predicted octanol–water partition coefficient (Wildman–Crippen LogP) is 1.08. The highest BCUT2D eigenvalue weighted by Crippen LogP contribution is 2.18. The molecule has 3 heterocycles. The van der Waals surface area contributed by atoms with Gasteiger partial charge in [-0.3, -0.25) is 4.79 Å². The van der Waals surface area contributed by atoms with Crippen molar-refractivity contribution >= 4 is 11.6 Å². The lowest BCUT2D eigenvalue weighted by Gasteiger charge is -2.07. The van der Waals surface area contributed by atoms with Gasteiger partial charge in [0.2, 0.25) is 0 Å². The predicted molar refractivity (Wildman–Crippen MR) is 79.1 cm³/mol. The van der Waals surface area contributed by atoms with Gasteiger partial charge in [-0.2, -0.15) is 0 Å². The van der Waals surface area contributed by atoms with Crippen molar-refractivity contribution in [3.63, 3.8) is 0 Å². The van der Waals surface area contributed by atoms with E-state index in [1.807, 2.05) is 22.9 Å². The minimum Gasteiger partial charge on any atom is -0.480 e. The van der Waals surface area contributed by atoms with Crippen molar-refractivity contribution in [2.24, 2.45) is 5.73 Å². The molecule has 0 unspecified atom stereocenters. The first-order valence-electron chi connectivity index (χ1n) is 6.85. The number of fused-ring (bicyclic) bond motifs is 1. The summed E-state index contributed by atoms with van der Waals surface area (Å²) < 4.78 is 12.5. The number of nitrogens with zero attached hydrogens (tertiary/aromatic N) is 2. The molecule has 0 aliphatic carbocycles. The Balaban J connectivity index is 1.61. The number of aromatic nitrogens is 2. The fourth-order valence-electron chi connectivity index (χ4n) is 2.04. The smallest absolute Gasteiger partial charge is 0.258 e. The van der Waals surface area contributed by atoms with E-state index in [1.54, 1.807) is 24.5 Å². The fourth-order valence-corrected chi connectivity index (χ4v) is 2.04. The Kier molecular flexibility index (Phi) is 4.06. The summed E-state index contributed by atoms with van der Waals surface area (Å²) in [6.07, 6.45) is 5.25. The van der Waals surface area contributed by atoms with Crippen molar-refractivity contribution in [3.05, 3.63) is 54.4 Å². The van der Waals surface area contributed by atoms with E-state index in [0.29, 0.717) is 30.2 Å². The molecule has 0 aliphatic heterocycles. The van der Waals surface area contributed by atoms with Crippen LogP contribution < -0.4 is 15.8 Å². The van der Waals surface area contributed by atoms with E-state index in [1.165, 1.54) is 0 Å². The van der Waals surface area contributed by atoms with Crippen molar-refractivity contribution < 1.29 is 13.9 Å². The Labute approximate surface area is 126 Å². The SMILES string of the molecule is NCc1cn2cccc(OCC(=O)NCc3ccco3)c2n1. The van der Waals surface area contributed by atoms with Crippen molar-refractivity contribution in [1.29, 1.82) is 0 Å². The summed E-state index contributed by atoms with van der Waals surface area (Å²) in [5, 5.41) is 2.71. The van der Waals surface area contributed by atoms with Crippen LogP contribution in [0.2, 0.25) is 0 Å². The third kappa shape index (κ3) is 3.09. The van der Waals surface area contributed by atoms with Crippen LogP contribution in [0.3, 0.4) is 0 Å². The third-order valence-corrected chi connectivity index (χ3v) is 3.10. The van der Waals surface area contributed by atoms with Gasteiger partial charge < -0.3 is 24.6 Å². The third-order valence-electron chi connectivity index (χ3n) is 3.10. The molecule has 114 valence electrons. The first kappa shape index (κ1) is 14.2. The molecule has 7 heteroatoms. The number of rotatable bonds is 6. The molecule has 0 spiro atoms. The maximum atomic E-state index is 11.8. The van der Waals surface area contributed by atoms with Crippen LogP contribution in [0, 0.1) is 0 Å². The monoisotopic (exact) mass is 300 g/mol. The minimum absolute atomic E-state index is 0.0921. The topological polar surface area (TPSA) is 94.8 Å². The summed E-state index contributed by atoms with van der Waals surface area (Å²) in [5.74, 6) is 0.996. The number of imidazole rings is 1. The number of nitrogens with one attached hydrogen (secondary N) is 1. The molecule has 0 bridgehead atoms. The zero-order chi connectivity index (χ0) is 15.4. The number of furan rings is 1. The molecule has 0 saturated carbocycles. The highest BCUT2D eigenvalue weighted by molar-refractivity contribution is 5.77. The van der Waals surface area contributed by atoms with E-state index >= 15 is 0 Å². The van der Waals surface area contributed by atoms with Crippen LogP contribution >= 0.6 is 0 Å². The van der Waals surface area contributed by atoms with E-state index < -0.39 is 0 Å². The standard InChI is InChI=1S/C15H16N4O3/c16-7-11-9-19-5-1-4-13(15(19)18-11)22-10-14(20)17-8-12-3-2-6-21-12/h1-6,9H,7-8,10,16H2,(H,17,20). The molecular weight excluding hydrogens is 284 g/mol. The molecule has 3 N–H and O–H groups in total. The van der Waals surface area contributed by atoms with Crippen molar-refractivity contribution in [1.82, 2.24) is 14.7 Å². The zero-order valence-electron chi connectivity index (χ0n) is 11.9. The molecule has 0 fully saturated rings. The maximum Gasteiger partial charge on any atom is 0.258 e. The van der Waals surface area contributed by atoms with E-state index in [4.69, 9.17) is 14.9 Å². The van der Waals surface area contributed by atoms with Gasteiger partial charge in [0.05, 0.1) is 18.5 Å². The molecule has 22 heavy (non-hydrogen) atoms. The quantitative estimate of drug-likeness (QED) is 0.710. The van der Waals surface area contributed by atoms with Gasteiger partial charge in [-0.15, -0.1) is 0 Å². The van der Waals surface area contributed by atoms with Gasteiger partial charge in [-0.05, 0) is 24.3 Å². The highest BCUT2D eigenvalue weighted by atomic mass is 16.5. The molecule has 7 nitrogen and oxygen atoms in total. The number of carbonyl (C=O) groups is 1. The second-order valence-electron chi connectivity index (χ2n) is 4.68. The lowest BCUT2D eigenvalue weighted by molar-refractivity contribution is -0.123. The summed E-state index contributed by atoms with van der Waals surface area (Å²) in [6.45, 7) is 0.593. The molecule has 1 amide bonds. The second-order valence-corrected chi connectivity index (χ2v) is 4.68. The molecule has 3 aromatic heterocycles. The average Bonchev–Trinajstić information content (AvgIpc) is 3.19. The van der Waals surface area contributed by atoms with Crippen LogP contribution in [0.25, 0.3) is 5.65 Å². The molecule has 3 aromatic rings. The van der Waals surface area contributed by atoms with Crippen LogP contribution in [-0.2, 0) is 17.9 Å². The largest absolute Gasteiger partial charge is 0.480 e. The summed E-state index contributed by atoms with van der Waals surface area (Å²) in [4.78, 5) is 16.1. The number of amides is 1. The number of nitrogens with two attached hydrogens (primary N) is 1. The van der Waals surface area contributed by atoms with Crippen LogP contribution in [0.4, 0.5) is 0 Å². The number of hydrogen-bond acceptors (Lipinski definition) is 5. The Bertz CT molecular complexity index is 764. The lowest BCUT2D eigenvalue weighted by atomic mass is 10.4. The molecule has 0 radical (unpaired) electrons. The Hall–Kier alpha value is -2.80.